The van der Waals surface area contributed by atoms with Gasteiger partial charge in [0.1, 0.15) is 23.9 Å². The largest absolute Gasteiger partial charge is 0.508 e. The summed E-state index contributed by atoms with van der Waals surface area (Å²) in [5.74, 6) is -1.87. The number of nitrogens with zero attached hydrogens (tertiary/aromatic N) is 4. The topological polar surface area (TPSA) is 167 Å². The van der Waals surface area contributed by atoms with E-state index in [1.165, 1.54) is 9.91 Å². The van der Waals surface area contributed by atoms with E-state index in [9.17, 15) is 24.3 Å². The Morgan fingerprint density at radius 2 is 1.87 bits per heavy atom. The Morgan fingerprint density at radius 3 is 2.57 bits per heavy atom. The predicted molar refractivity (Wildman–Crippen MR) is 242 cm³/mol. The number of phenols is 1. The molecule has 3 amide bonds. The van der Waals surface area contributed by atoms with E-state index in [1.54, 1.807) is 32.5 Å². The fourth-order valence-corrected chi connectivity index (χ4v) is 9.79. The molecule has 6 bridgehead atoms. The van der Waals surface area contributed by atoms with Gasteiger partial charge in [-0.3, -0.25) is 29.2 Å². The van der Waals surface area contributed by atoms with Crippen molar-refractivity contribution in [3.63, 3.8) is 0 Å². The quantitative estimate of drug-likeness (QED) is 0.151. The minimum atomic E-state index is -1.11. The molecule has 1 unspecified atom stereocenters. The first kappa shape index (κ1) is 45.7. The van der Waals surface area contributed by atoms with Crippen LogP contribution >= 0.6 is 0 Å². The number of rotatable bonds is 9. The molecule has 0 aliphatic carbocycles. The number of likely N-dealkylation sites (N-methyl/N-ethyl adjacent to an activating group) is 1. The summed E-state index contributed by atoms with van der Waals surface area (Å²) in [7, 11) is 3.34. The number of hydrazine groups is 1. The number of aromatic hydroxyl groups is 1. The summed E-state index contributed by atoms with van der Waals surface area (Å²) in [6.07, 6.45) is 3.10. The van der Waals surface area contributed by atoms with Gasteiger partial charge in [-0.25, -0.2) is 5.43 Å². The highest BCUT2D eigenvalue weighted by molar-refractivity contribution is 5.96. The third-order valence-electron chi connectivity index (χ3n) is 13.2. The molecule has 2 fully saturated rings. The molecule has 63 heavy (non-hydrogen) atoms. The maximum absolute atomic E-state index is 14.7. The number of methoxy groups -OCH3 is 1. The van der Waals surface area contributed by atoms with Gasteiger partial charge < -0.3 is 34.7 Å². The summed E-state index contributed by atoms with van der Waals surface area (Å²) in [6.45, 7) is 16.5. The fourth-order valence-electron chi connectivity index (χ4n) is 9.79. The number of hydrogen-bond donors (Lipinski definition) is 4. The van der Waals surface area contributed by atoms with Crippen molar-refractivity contribution in [2.24, 2.45) is 23.2 Å². The monoisotopic (exact) mass is 863 g/mol. The van der Waals surface area contributed by atoms with Gasteiger partial charge in [-0.15, -0.1) is 0 Å². The van der Waals surface area contributed by atoms with Gasteiger partial charge in [0.25, 0.3) is 5.91 Å². The Hall–Kier alpha value is -5.31. The zero-order valence-electron chi connectivity index (χ0n) is 38.3. The number of aryl methyl sites for hydroxylation is 1. The van der Waals surface area contributed by atoms with Crippen molar-refractivity contribution in [2.45, 2.75) is 105 Å². The number of carbonyl (C=O) groups excluding carboxylic acids is 4. The Kier molecular flexibility index (Phi) is 13.6. The first-order chi connectivity index (χ1) is 30.0. The summed E-state index contributed by atoms with van der Waals surface area (Å²) in [5, 5.41) is 20.0. The third kappa shape index (κ3) is 9.49. The second-order valence-corrected chi connectivity index (χ2v) is 18.9. The van der Waals surface area contributed by atoms with Gasteiger partial charge in [0, 0.05) is 68.3 Å². The maximum Gasteiger partial charge on any atom is 0.324 e. The smallest absolute Gasteiger partial charge is 0.324 e. The maximum atomic E-state index is 14.7. The van der Waals surface area contributed by atoms with E-state index in [4.69, 9.17) is 14.5 Å². The van der Waals surface area contributed by atoms with Crippen LogP contribution in [0.4, 0.5) is 0 Å². The van der Waals surface area contributed by atoms with Crippen LogP contribution in [0.5, 0.6) is 5.75 Å². The van der Waals surface area contributed by atoms with Crippen LogP contribution in [0.25, 0.3) is 33.3 Å². The van der Waals surface area contributed by atoms with Gasteiger partial charge in [-0.1, -0.05) is 46.8 Å². The second kappa shape index (κ2) is 18.8. The van der Waals surface area contributed by atoms with Gasteiger partial charge >= 0.3 is 5.97 Å². The number of nitrogens with one attached hydrogen (secondary N) is 3. The van der Waals surface area contributed by atoms with Crippen LogP contribution in [-0.2, 0) is 48.0 Å². The molecular formula is C49H65N7O7. The van der Waals surface area contributed by atoms with Crippen LogP contribution in [0.15, 0.2) is 54.7 Å². The molecule has 0 spiro atoms. The lowest BCUT2D eigenvalue weighted by Crippen LogP contribution is -2.62. The normalized spacial score (nSPS) is 22.7. The predicted octanol–water partition coefficient (Wildman–Crippen LogP) is 5.79. The first-order valence-corrected chi connectivity index (χ1v) is 22.5. The molecular weight excluding hydrogens is 799 g/mol. The van der Waals surface area contributed by atoms with Crippen molar-refractivity contribution in [3.8, 4) is 28.1 Å². The molecule has 338 valence electrons. The number of hydrogen-bond acceptors (Lipinski definition) is 10. The number of amides is 3. The summed E-state index contributed by atoms with van der Waals surface area (Å²) < 4.78 is 14.2. The summed E-state index contributed by atoms with van der Waals surface area (Å²) in [4.78, 5) is 63.1. The molecule has 7 rings (SSSR count). The van der Waals surface area contributed by atoms with Gasteiger partial charge in [0.15, 0.2) is 0 Å². The number of pyridine rings is 1. The van der Waals surface area contributed by atoms with E-state index in [2.05, 4.69) is 59.6 Å². The zero-order valence-corrected chi connectivity index (χ0v) is 38.3. The number of aromatic nitrogens is 2. The molecule has 2 saturated heterocycles. The molecule has 14 nitrogen and oxygen atoms in total. The fraction of sp³-hybridized carbons (Fsp3) is 0.531. The number of esters is 1. The molecule has 0 saturated carbocycles. The highest BCUT2D eigenvalue weighted by Crippen LogP contribution is 2.42. The van der Waals surface area contributed by atoms with Crippen LogP contribution in [-0.4, -0.2) is 107 Å². The number of phenolic OH excluding ortho intramolecular Hbond substituents is 1. The molecule has 4 aromatic rings. The standard InChI is InChI=1S/C49H65N7O7/c1-10-55-41-16-15-32-23-36(41)37(44(55)35-13-11-17-51-42(35)30(5)62-9)24-49(6,7)27-63-48(61)39-14-12-18-56(53-39)47(60)40(21-31-19-33(32)22-34(57)20-31)52-45(58)43(28(2)3)54(8)46(59)38-26-50-25-29(38)4/h11,13,15-17,19-20,22-23,28-30,38-40,43,50,53,57H,10,12,14,18,21,24-27H2,1-9H3,(H,52,58)/t29-,30-,38-,39-,40-,43?/m0/s1. The molecule has 5 heterocycles. The van der Waals surface area contributed by atoms with Crippen molar-refractivity contribution in [2.75, 3.05) is 40.4 Å². The van der Waals surface area contributed by atoms with E-state index < -0.39 is 41.3 Å². The molecule has 6 atom stereocenters. The van der Waals surface area contributed by atoms with Crippen LogP contribution in [0.3, 0.4) is 0 Å². The molecule has 0 radical (unpaired) electrons. The average molecular weight is 864 g/mol. The Bertz CT molecular complexity index is 2360. The van der Waals surface area contributed by atoms with Crippen molar-refractivity contribution in [1.29, 1.82) is 0 Å². The Morgan fingerprint density at radius 1 is 1.10 bits per heavy atom. The highest BCUT2D eigenvalue weighted by Gasteiger charge is 2.40. The molecule has 2 aromatic carbocycles. The number of fused-ring (bicyclic) bond motifs is 6. The third-order valence-corrected chi connectivity index (χ3v) is 13.2. The van der Waals surface area contributed by atoms with Crippen molar-refractivity contribution in [1.82, 2.24) is 35.5 Å². The van der Waals surface area contributed by atoms with E-state index in [1.807, 2.05) is 45.9 Å². The van der Waals surface area contributed by atoms with Gasteiger partial charge in [0.05, 0.1) is 30.0 Å². The van der Waals surface area contributed by atoms with Crippen molar-refractivity contribution >= 4 is 34.6 Å². The lowest BCUT2D eigenvalue weighted by atomic mass is 9.84. The average Bonchev–Trinajstić information content (AvgIpc) is 3.83. The number of carbonyl (C=O) groups is 4. The van der Waals surface area contributed by atoms with Gasteiger partial charge in [-0.2, -0.15) is 0 Å². The van der Waals surface area contributed by atoms with Crippen LogP contribution in [0.2, 0.25) is 0 Å². The lowest BCUT2D eigenvalue weighted by Gasteiger charge is -2.37. The minimum absolute atomic E-state index is 0.0137. The van der Waals surface area contributed by atoms with E-state index in [0.717, 1.165) is 51.1 Å². The van der Waals surface area contributed by atoms with E-state index in [0.29, 0.717) is 44.5 Å². The number of ether oxygens (including phenoxy) is 2. The molecule has 2 aromatic heterocycles. The summed E-state index contributed by atoms with van der Waals surface area (Å²) in [6, 6.07) is 12.8. The van der Waals surface area contributed by atoms with Crippen LogP contribution in [0.1, 0.15) is 84.2 Å². The number of benzene rings is 2. The minimum Gasteiger partial charge on any atom is -0.508 e. The molecule has 3 aliphatic heterocycles. The van der Waals surface area contributed by atoms with Crippen molar-refractivity contribution in [3.05, 3.63) is 71.5 Å². The van der Waals surface area contributed by atoms with Crippen molar-refractivity contribution < 1.29 is 33.8 Å². The van der Waals surface area contributed by atoms with Crippen LogP contribution in [0, 0.1) is 23.2 Å². The second-order valence-electron chi connectivity index (χ2n) is 18.9. The first-order valence-electron chi connectivity index (χ1n) is 22.5. The Labute approximate surface area is 371 Å². The van der Waals surface area contributed by atoms with Crippen LogP contribution < -0.4 is 16.1 Å². The highest BCUT2D eigenvalue weighted by atomic mass is 16.5. The van der Waals surface area contributed by atoms with E-state index >= 15 is 0 Å². The van der Waals surface area contributed by atoms with Gasteiger partial charge in [-0.05, 0) is 110 Å². The molecule has 14 heteroatoms. The summed E-state index contributed by atoms with van der Waals surface area (Å²) in [5.41, 5.74) is 9.72. The number of cyclic esters (lactones) is 1. The van der Waals surface area contributed by atoms with E-state index in [-0.39, 0.29) is 48.5 Å². The zero-order chi connectivity index (χ0) is 45.3. The molecule has 3 aliphatic rings. The summed E-state index contributed by atoms with van der Waals surface area (Å²) >= 11 is 0. The van der Waals surface area contributed by atoms with Gasteiger partial charge in [0.2, 0.25) is 11.8 Å². The molecule has 4 N–H and O–H groups in total. The lowest BCUT2D eigenvalue weighted by molar-refractivity contribution is -0.155. The SMILES string of the molecule is CCn1c(-c2cccnc2[C@H](C)OC)c2c3cc(ccc31)-c1cc(O)cc(c1)C[C@H](NC(=O)C(C(C)C)N(C)C(=O)[C@H]1CNC[C@@H]1C)C(=O)N1CCC[C@H](N1)C(=O)OCC(C)(C)C2. The Balaban J connectivity index is 1.34.